The second kappa shape index (κ2) is 15.9. The van der Waals surface area contributed by atoms with Gasteiger partial charge in [-0.05, 0) is 95.6 Å². The minimum atomic E-state index is -1.15. The van der Waals surface area contributed by atoms with Gasteiger partial charge in [-0.3, -0.25) is 5.43 Å². The summed E-state index contributed by atoms with van der Waals surface area (Å²) in [5.41, 5.74) is 5.65. The van der Waals surface area contributed by atoms with E-state index in [-0.39, 0.29) is 24.4 Å². The Kier molecular flexibility index (Phi) is 11.8. The number of urea groups is 1. The van der Waals surface area contributed by atoms with Crippen molar-refractivity contribution in [1.82, 2.24) is 16.1 Å². The third-order valence-electron chi connectivity index (χ3n) is 6.66. The number of rotatable bonds is 14. The number of esters is 1. The monoisotopic (exact) mass is 744 g/mol. The third kappa shape index (κ3) is 8.88. The van der Waals surface area contributed by atoms with E-state index in [0.29, 0.717) is 35.1 Å². The normalized spacial score (nSPS) is 15.1. The standard InChI is InChI=1S/C32H33IN4O9/c1-4-44-26-14-22(29-28(31(41)43-3)18(2)35-32(42)36-29)10-12-25(26)46-17-27(38)37-34-15-20-7-11-24(23(33)13-20)45-16-19-5-8-21(9-6-19)30(39)40/h5-15,27,29,37-38H,4,16-17H2,1-3H3,(H,39,40)(H2,35,36,42)/b34-15-/t27-,29-/m0/s1. The van der Waals surface area contributed by atoms with Crippen LogP contribution in [0.5, 0.6) is 17.2 Å². The molecule has 0 fully saturated rings. The molecule has 1 aliphatic heterocycles. The Labute approximate surface area is 278 Å². The molecule has 1 heterocycles. The van der Waals surface area contributed by atoms with Crippen LogP contribution in [0.4, 0.5) is 4.79 Å². The number of nitrogens with zero attached hydrogens (tertiary/aromatic N) is 1. The van der Waals surface area contributed by atoms with Crippen LogP contribution in [0.1, 0.15) is 46.9 Å². The zero-order valence-corrected chi connectivity index (χ0v) is 27.4. The van der Waals surface area contributed by atoms with Crippen molar-refractivity contribution >= 4 is 46.8 Å². The number of hydrazone groups is 1. The summed E-state index contributed by atoms with van der Waals surface area (Å²) in [6, 6.07) is 15.7. The first-order valence-corrected chi connectivity index (χ1v) is 15.1. The number of carboxylic acid groups (broad SMARTS) is 1. The van der Waals surface area contributed by atoms with Crippen molar-refractivity contribution in [3.05, 3.63) is 97.8 Å². The maximum atomic E-state index is 12.4. The Morgan fingerprint density at radius 3 is 2.46 bits per heavy atom. The van der Waals surface area contributed by atoms with E-state index in [9.17, 15) is 19.5 Å². The highest BCUT2D eigenvalue weighted by Gasteiger charge is 2.32. The van der Waals surface area contributed by atoms with Gasteiger partial charge in [-0.15, -0.1) is 0 Å². The van der Waals surface area contributed by atoms with E-state index >= 15 is 0 Å². The first-order valence-electron chi connectivity index (χ1n) is 14.1. The summed E-state index contributed by atoms with van der Waals surface area (Å²) in [5.74, 6) is -0.193. The van der Waals surface area contributed by atoms with E-state index in [1.165, 1.54) is 19.2 Å². The molecule has 4 rings (SSSR count). The molecule has 46 heavy (non-hydrogen) atoms. The van der Waals surface area contributed by atoms with E-state index < -0.39 is 30.2 Å². The van der Waals surface area contributed by atoms with Crippen LogP contribution in [-0.2, 0) is 16.1 Å². The van der Waals surface area contributed by atoms with Gasteiger partial charge in [-0.25, -0.2) is 14.4 Å². The van der Waals surface area contributed by atoms with Gasteiger partial charge >= 0.3 is 18.0 Å². The topological polar surface area (TPSA) is 177 Å². The van der Waals surface area contributed by atoms with Crippen molar-refractivity contribution in [2.75, 3.05) is 20.3 Å². The molecule has 3 aromatic rings. The number of amides is 2. The summed E-state index contributed by atoms with van der Waals surface area (Å²) in [4.78, 5) is 35.6. The lowest BCUT2D eigenvalue weighted by atomic mass is 9.95. The molecular formula is C32H33IN4O9. The maximum Gasteiger partial charge on any atom is 0.337 e. The van der Waals surface area contributed by atoms with Gasteiger partial charge in [0.15, 0.2) is 17.7 Å². The number of aliphatic hydroxyl groups is 1. The van der Waals surface area contributed by atoms with E-state index in [1.807, 2.05) is 12.1 Å². The summed E-state index contributed by atoms with van der Waals surface area (Å²) in [6.45, 7) is 3.87. The Balaban J connectivity index is 1.33. The molecule has 3 aromatic carbocycles. The lowest BCUT2D eigenvalue weighted by molar-refractivity contribution is -0.136. The molecule has 0 saturated carbocycles. The van der Waals surface area contributed by atoms with Crippen LogP contribution < -0.4 is 30.3 Å². The largest absolute Gasteiger partial charge is 0.490 e. The Hall–Kier alpha value is -4.83. The van der Waals surface area contributed by atoms with Crippen molar-refractivity contribution in [1.29, 1.82) is 0 Å². The number of halogens is 1. The summed E-state index contributed by atoms with van der Waals surface area (Å²) in [7, 11) is 1.27. The van der Waals surface area contributed by atoms with E-state index in [2.05, 4.69) is 43.8 Å². The van der Waals surface area contributed by atoms with Gasteiger partial charge in [0.25, 0.3) is 0 Å². The smallest absolute Gasteiger partial charge is 0.337 e. The molecule has 0 aliphatic carbocycles. The van der Waals surface area contributed by atoms with Crippen molar-refractivity contribution in [2.24, 2.45) is 5.10 Å². The highest BCUT2D eigenvalue weighted by molar-refractivity contribution is 14.1. The Morgan fingerprint density at radius 2 is 1.78 bits per heavy atom. The minimum absolute atomic E-state index is 0.162. The lowest BCUT2D eigenvalue weighted by Gasteiger charge is -2.28. The highest BCUT2D eigenvalue weighted by atomic mass is 127. The first kappa shape index (κ1) is 34.1. The van der Waals surface area contributed by atoms with Crippen molar-refractivity contribution < 1.29 is 43.5 Å². The van der Waals surface area contributed by atoms with Crippen LogP contribution in [-0.4, -0.2) is 60.9 Å². The number of methoxy groups -OCH3 is 1. The summed E-state index contributed by atoms with van der Waals surface area (Å²) in [5, 5.41) is 28.9. The number of hydrogen-bond acceptors (Lipinski definition) is 10. The highest BCUT2D eigenvalue weighted by Crippen LogP contribution is 2.35. The Bertz CT molecular complexity index is 1640. The van der Waals surface area contributed by atoms with Gasteiger partial charge in [0.1, 0.15) is 19.0 Å². The van der Waals surface area contributed by atoms with Crippen molar-refractivity contribution in [3.8, 4) is 17.2 Å². The SMILES string of the molecule is CCOc1cc([C@@H]2NC(=O)NC(C)=C2C(=O)OC)ccc1OC[C@H](O)N/N=C\c1ccc(OCc2ccc(C(=O)O)cc2)c(I)c1. The van der Waals surface area contributed by atoms with Crippen LogP contribution in [0.25, 0.3) is 0 Å². The molecule has 0 bridgehead atoms. The van der Waals surface area contributed by atoms with Gasteiger partial charge in [-0.1, -0.05) is 18.2 Å². The van der Waals surface area contributed by atoms with Gasteiger partial charge in [0.2, 0.25) is 0 Å². The van der Waals surface area contributed by atoms with Crippen LogP contribution in [0.2, 0.25) is 0 Å². The molecule has 14 heteroatoms. The number of ether oxygens (including phenoxy) is 4. The third-order valence-corrected chi connectivity index (χ3v) is 7.50. The number of carbonyl (C=O) groups excluding carboxylic acids is 2. The average molecular weight is 745 g/mol. The number of aromatic carboxylic acids is 1. The molecule has 13 nitrogen and oxygen atoms in total. The number of carbonyl (C=O) groups is 3. The fourth-order valence-electron chi connectivity index (χ4n) is 4.44. The number of hydrogen-bond donors (Lipinski definition) is 5. The van der Waals surface area contributed by atoms with Gasteiger partial charge in [0, 0.05) is 5.70 Å². The zero-order valence-electron chi connectivity index (χ0n) is 25.2. The van der Waals surface area contributed by atoms with Gasteiger partial charge < -0.3 is 39.8 Å². The van der Waals surface area contributed by atoms with E-state index in [1.54, 1.807) is 56.5 Å². The average Bonchev–Trinajstić information content (AvgIpc) is 3.03. The molecule has 0 radical (unpaired) electrons. The number of nitrogens with one attached hydrogen (secondary N) is 3. The predicted octanol–water partition coefficient (Wildman–Crippen LogP) is 4.09. The van der Waals surface area contributed by atoms with Gasteiger partial charge in [0.05, 0.1) is 40.7 Å². The predicted molar refractivity (Wildman–Crippen MR) is 176 cm³/mol. The number of allylic oxidation sites excluding steroid dienone is 1. The number of aliphatic hydroxyl groups excluding tert-OH is 1. The molecule has 0 spiro atoms. The van der Waals surface area contributed by atoms with Crippen molar-refractivity contribution in [3.63, 3.8) is 0 Å². The zero-order chi connectivity index (χ0) is 33.2. The van der Waals surface area contributed by atoms with Crippen molar-refractivity contribution in [2.45, 2.75) is 32.7 Å². The molecule has 2 amide bonds. The second-order valence-electron chi connectivity index (χ2n) is 9.90. The summed E-state index contributed by atoms with van der Waals surface area (Å²) >= 11 is 2.15. The fourth-order valence-corrected chi connectivity index (χ4v) is 5.13. The molecule has 1 aliphatic rings. The van der Waals surface area contributed by atoms with E-state index in [0.717, 1.165) is 14.7 Å². The van der Waals surface area contributed by atoms with Crippen LogP contribution in [0, 0.1) is 3.57 Å². The molecule has 0 aromatic heterocycles. The minimum Gasteiger partial charge on any atom is -0.490 e. The fraction of sp³-hybridized carbons (Fsp3) is 0.250. The first-order chi connectivity index (χ1) is 22.1. The molecular weight excluding hydrogens is 711 g/mol. The lowest BCUT2D eigenvalue weighted by Crippen LogP contribution is -2.45. The molecule has 242 valence electrons. The van der Waals surface area contributed by atoms with Crippen LogP contribution >= 0.6 is 22.6 Å². The van der Waals surface area contributed by atoms with Crippen LogP contribution in [0.15, 0.2) is 77.0 Å². The summed E-state index contributed by atoms with van der Waals surface area (Å²) in [6.07, 6.45) is 0.391. The number of carboxylic acids is 1. The Morgan fingerprint density at radius 1 is 1.04 bits per heavy atom. The maximum absolute atomic E-state index is 12.4. The second-order valence-corrected chi connectivity index (χ2v) is 11.1. The molecule has 5 N–H and O–H groups in total. The molecule has 0 saturated heterocycles. The van der Waals surface area contributed by atoms with Crippen LogP contribution in [0.3, 0.4) is 0 Å². The molecule has 0 unspecified atom stereocenters. The molecule has 2 atom stereocenters. The number of benzene rings is 3. The van der Waals surface area contributed by atoms with E-state index in [4.69, 9.17) is 24.1 Å². The summed E-state index contributed by atoms with van der Waals surface area (Å²) < 4.78 is 23.1. The van der Waals surface area contributed by atoms with Gasteiger partial charge in [-0.2, -0.15) is 5.10 Å². The quantitative estimate of drug-likeness (QED) is 0.0532.